The number of benzene rings is 1. The first-order valence-corrected chi connectivity index (χ1v) is 6.12. The fourth-order valence-corrected chi connectivity index (χ4v) is 2.01. The second-order valence-electron chi connectivity index (χ2n) is 4.52. The fourth-order valence-electron chi connectivity index (χ4n) is 2.01. The predicted octanol–water partition coefficient (Wildman–Crippen LogP) is 2.89. The van der Waals surface area contributed by atoms with E-state index in [1.165, 1.54) is 0 Å². The van der Waals surface area contributed by atoms with Crippen LogP contribution in [0, 0.1) is 13.8 Å². The van der Waals surface area contributed by atoms with Gasteiger partial charge in [0.1, 0.15) is 5.69 Å². The number of aryl methyl sites for hydroxylation is 2. The van der Waals surface area contributed by atoms with Gasteiger partial charge in [-0.1, -0.05) is 24.3 Å². The Balaban J connectivity index is 2.21. The molecular weight excluding hydrogens is 236 g/mol. The number of nitrogens with zero attached hydrogens (tertiary/aromatic N) is 3. The molecule has 3 aromatic rings. The summed E-state index contributed by atoms with van der Waals surface area (Å²) in [7, 11) is 0. The number of nitrogens with two attached hydrogens (primary N) is 1. The Morgan fingerprint density at radius 2 is 1.58 bits per heavy atom. The summed E-state index contributed by atoms with van der Waals surface area (Å²) < 4.78 is 0. The average molecular weight is 250 g/mol. The van der Waals surface area contributed by atoms with E-state index < -0.39 is 0 Å². The van der Waals surface area contributed by atoms with Crippen molar-refractivity contribution in [2.75, 3.05) is 5.73 Å². The molecule has 4 heteroatoms. The summed E-state index contributed by atoms with van der Waals surface area (Å²) in [6.45, 7) is 3.82. The molecule has 0 amide bonds. The van der Waals surface area contributed by atoms with Gasteiger partial charge in [-0.3, -0.25) is 0 Å². The van der Waals surface area contributed by atoms with E-state index >= 15 is 0 Å². The number of nitrogen functional groups attached to an aromatic ring is 1. The third-order valence-corrected chi connectivity index (χ3v) is 3.17. The number of fused-ring (bicyclic) bond motifs is 1. The highest BCUT2D eigenvalue weighted by atomic mass is 14.9. The van der Waals surface area contributed by atoms with Crippen LogP contribution in [0.1, 0.15) is 11.4 Å². The summed E-state index contributed by atoms with van der Waals surface area (Å²) in [6.07, 6.45) is 0. The smallest absolute Gasteiger partial charge is 0.151 e. The number of pyridine rings is 1. The minimum atomic E-state index is 0.422. The van der Waals surface area contributed by atoms with E-state index in [0.29, 0.717) is 11.5 Å². The Labute approximate surface area is 111 Å². The summed E-state index contributed by atoms with van der Waals surface area (Å²) in [5.74, 6) is 0.422. The summed E-state index contributed by atoms with van der Waals surface area (Å²) in [5.41, 5.74) is 10.0. The third-order valence-electron chi connectivity index (χ3n) is 3.17. The van der Waals surface area contributed by atoms with Crippen LogP contribution in [-0.2, 0) is 0 Å². The van der Waals surface area contributed by atoms with Crippen LogP contribution in [0.15, 0.2) is 36.4 Å². The number of anilines is 1. The zero-order valence-corrected chi connectivity index (χ0v) is 10.9. The van der Waals surface area contributed by atoms with E-state index in [9.17, 15) is 0 Å². The van der Waals surface area contributed by atoms with Crippen molar-refractivity contribution >= 4 is 16.7 Å². The highest BCUT2D eigenvalue weighted by Crippen LogP contribution is 2.23. The fraction of sp³-hybridized carbons (Fsp3) is 0.133. The van der Waals surface area contributed by atoms with Crippen LogP contribution in [0.4, 0.5) is 5.82 Å². The van der Waals surface area contributed by atoms with E-state index in [-0.39, 0.29) is 0 Å². The van der Waals surface area contributed by atoms with Gasteiger partial charge in [0.25, 0.3) is 0 Å². The van der Waals surface area contributed by atoms with E-state index in [2.05, 4.69) is 15.0 Å². The van der Waals surface area contributed by atoms with E-state index in [4.69, 9.17) is 5.73 Å². The lowest BCUT2D eigenvalue weighted by molar-refractivity contribution is 1.05. The van der Waals surface area contributed by atoms with Crippen molar-refractivity contribution in [2.24, 2.45) is 0 Å². The standard InChI is InChI=1S/C15H14N4/c1-9-10(2)18-15(16)14(17-9)13-8-7-11-5-3-4-6-12(11)19-13/h3-8H,1-2H3,(H2,16,18). The monoisotopic (exact) mass is 250 g/mol. The molecule has 0 aliphatic heterocycles. The first-order valence-electron chi connectivity index (χ1n) is 6.12. The minimum Gasteiger partial charge on any atom is -0.382 e. The predicted molar refractivity (Wildman–Crippen MR) is 76.7 cm³/mol. The number of para-hydroxylation sites is 1. The molecule has 0 fully saturated rings. The van der Waals surface area contributed by atoms with Gasteiger partial charge in [-0.05, 0) is 26.0 Å². The molecule has 0 aliphatic carbocycles. The molecule has 2 aromatic heterocycles. The second kappa shape index (κ2) is 4.31. The average Bonchev–Trinajstić information content (AvgIpc) is 2.42. The van der Waals surface area contributed by atoms with Crippen molar-refractivity contribution in [3.63, 3.8) is 0 Å². The van der Waals surface area contributed by atoms with Crippen LogP contribution in [0.3, 0.4) is 0 Å². The Hall–Kier alpha value is -2.49. The molecule has 4 nitrogen and oxygen atoms in total. The number of hydrogen-bond donors (Lipinski definition) is 1. The molecule has 94 valence electrons. The molecule has 3 rings (SSSR count). The Kier molecular flexibility index (Phi) is 2.63. The van der Waals surface area contributed by atoms with Gasteiger partial charge in [0.2, 0.25) is 0 Å². The molecular formula is C15H14N4. The second-order valence-corrected chi connectivity index (χ2v) is 4.52. The van der Waals surface area contributed by atoms with Gasteiger partial charge in [-0.2, -0.15) is 0 Å². The quantitative estimate of drug-likeness (QED) is 0.721. The van der Waals surface area contributed by atoms with Gasteiger partial charge in [0.15, 0.2) is 5.82 Å². The topological polar surface area (TPSA) is 64.7 Å². The Bertz CT molecular complexity index is 765. The van der Waals surface area contributed by atoms with E-state index in [1.807, 2.05) is 50.2 Å². The molecule has 0 bridgehead atoms. The van der Waals surface area contributed by atoms with Crippen molar-refractivity contribution in [3.8, 4) is 11.4 Å². The van der Waals surface area contributed by atoms with Gasteiger partial charge in [0.05, 0.1) is 22.6 Å². The maximum Gasteiger partial charge on any atom is 0.151 e. The Morgan fingerprint density at radius 1 is 0.842 bits per heavy atom. The molecule has 0 atom stereocenters. The first kappa shape index (κ1) is 11.6. The normalized spacial score (nSPS) is 10.8. The van der Waals surface area contributed by atoms with Gasteiger partial charge in [-0.25, -0.2) is 15.0 Å². The van der Waals surface area contributed by atoms with Crippen molar-refractivity contribution in [1.82, 2.24) is 15.0 Å². The lowest BCUT2D eigenvalue weighted by Gasteiger charge is -2.07. The van der Waals surface area contributed by atoms with Crippen LogP contribution in [0.25, 0.3) is 22.3 Å². The zero-order valence-electron chi connectivity index (χ0n) is 10.9. The molecule has 0 saturated heterocycles. The van der Waals surface area contributed by atoms with Crippen molar-refractivity contribution in [2.45, 2.75) is 13.8 Å². The molecule has 19 heavy (non-hydrogen) atoms. The highest BCUT2D eigenvalue weighted by Gasteiger charge is 2.10. The minimum absolute atomic E-state index is 0.422. The molecule has 0 saturated carbocycles. The highest BCUT2D eigenvalue weighted by molar-refractivity contribution is 5.82. The largest absolute Gasteiger partial charge is 0.382 e. The van der Waals surface area contributed by atoms with Gasteiger partial charge in [-0.15, -0.1) is 0 Å². The van der Waals surface area contributed by atoms with Crippen molar-refractivity contribution in [1.29, 1.82) is 0 Å². The van der Waals surface area contributed by atoms with Gasteiger partial charge >= 0.3 is 0 Å². The van der Waals surface area contributed by atoms with Crippen LogP contribution in [0.2, 0.25) is 0 Å². The lowest BCUT2D eigenvalue weighted by Crippen LogP contribution is -2.03. The maximum absolute atomic E-state index is 5.95. The molecule has 0 radical (unpaired) electrons. The molecule has 0 unspecified atom stereocenters. The number of rotatable bonds is 1. The summed E-state index contributed by atoms with van der Waals surface area (Å²) in [6, 6.07) is 11.9. The van der Waals surface area contributed by atoms with Crippen molar-refractivity contribution < 1.29 is 0 Å². The molecule has 0 spiro atoms. The van der Waals surface area contributed by atoms with Crippen LogP contribution >= 0.6 is 0 Å². The van der Waals surface area contributed by atoms with Crippen molar-refractivity contribution in [3.05, 3.63) is 47.8 Å². The molecule has 0 aliphatic rings. The van der Waals surface area contributed by atoms with Gasteiger partial charge < -0.3 is 5.73 Å². The maximum atomic E-state index is 5.95. The Morgan fingerprint density at radius 3 is 2.42 bits per heavy atom. The molecule has 1 aromatic carbocycles. The third kappa shape index (κ3) is 2.01. The summed E-state index contributed by atoms with van der Waals surface area (Å²) in [5, 5.41) is 1.10. The number of hydrogen-bond acceptors (Lipinski definition) is 4. The van der Waals surface area contributed by atoms with Crippen LogP contribution < -0.4 is 5.73 Å². The first-order chi connectivity index (χ1) is 9.15. The van der Waals surface area contributed by atoms with Crippen LogP contribution in [-0.4, -0.2) is 15.0 Å². The molecule has 2 heterocycles. The zero-order chi connectivity index (χ0) is 13.4. The van der Waals surface area contributed by atoms with Crippen LogP contribution in [0.5, 0.6) is 0 Å². The summed E-state index contributed by atoms with van der Waals surface area (Å²) in [4.78, 5) is 13.4. The SMILES string of the molecule is Cc1nc(N)c(-c2ccc3ccccc3n2)nc1C. The van der Waals surface area contributed by atoms with E-state index in [0.717, 1.165) is 28.0 Å². The lowest BCUT2D eigenvalue weighted by atomic mass is 10.1. The summed E-state index contributed by atoms with van der Waals surface area (Å²) >= 11 is 0. The number of aromatic nitrogens is 3. The molecule has 2 N–H and O–H groups in total. The van der Waals surface area contributed by atoms with E-state index in [1.54, 1.807) is 0 Å². The van der Waals surface area contributed by atoms with Gasteiger partial charge in [0, 0.05) is 5.39 Å².